The standard InChI is InChI=1S/C21H28O2/c1-17(21-12-10-19(11-13-21)5-3-15-23)16-20-8-6-18(7-9-20)4-2-14-22/h6-13,17,22-23H,2-5,14-16H2,1H3. The van der Waals surface area contributed by atoms with E-state index in [2.05, 4.69) is 55.5 Å². The van der Waals surface area contributed by atoms with Crippen LogP contribution in [-0.4, -0.2) is 23.4 Å². The molecule has 0 fully saturated rings. The van der Waals surface area contributed by atoms with Crippen LogP contribution in [0.25, 0.3) is 0 Å². The maximum absolute atomic E-state index is 8.89. The van der Waals surface area contributed by atoms with E-state index >= 15 is 0 Å². The van der Waals surface area contributed by atoms with Gasteiger partial charge < -0.3 is 10.2 Å². The van der Waals surface area contributed by atoms with Crippen molar-refractivity contribution in [2.45, 2.75) is 44.9 Å². The molecule has 0 aliphatic rings. The zero-order valence-electron chi connectivity index (χ0n) is 14.0. The molecule has 2 aromatic carbocycles. The Labute approximate surface area is 139 Å². The Bertz CT molecular complexity index is 557. The molecule has 0 saturated carbocycles. The predicted octanol–water partition coefficient (Wildman–Crippen LogP) is 3.88. The summed E-state index contributed by atoms with van der Waals surface area (Å²) in [6, 6.07) is 17.6. The van der Waals surface area contributed by atoms with E-state index < -0.39 is 0 Å². The molecule has 2 rings (SSSR count). The number of hydrogen-bond acceptors (Lipinski definition) is 2. The Kier molecular flexibility index (Phi) is 7.31. The summed E-state index contributed by atoms with van der Waals surface area (Å²) in [5.74, 6) is 0.491. The number of benzene rings is 2. The van der Waals surface area contributed by atoms with Crippen molar-refractivity contribution in [2.75, 3.05) is 13.2 Å². The first-order chi connectivity index (χ1) is 11.2. The predicted molar refractivity (Wildman–Crippen MR) is 95.8 cm³/mol. The zero-order valence-corrected chi connectivity index (χ0v) is 14.0. The molecular formula is C21H28O2. The lowest BCUT2D eigenvalue weighted by molar-refractivity contribution is 0.288. The highest BCUT2D eigenvalue weighted by molar-refractivity contribution is 5.29. The van der Waals surface area contributed by atoms with Gasteiger partial charge >= 0.3 is 0 Å². The van der Waals surface area contributed by atoms with Gasteiger partial charge in [-0.1, -0.05) is 55.5 Å². The smallest absolute Gasteiger partial charge is 0.0434 e. The van der Waals surface area contributed by atoms with Crippen LogP contribution in [0.3, 0.4) is 0 Å². The van der Waals surface area contributed by atoms with Gasteiger partial charge in [0.2, 0.25) is 0 Å². The fourth-order valence-corrected chi connectivity index (χ4v) is 2.89. The van der Waals surface area contributed by atoms with E-state index in [1.807, 2.05) is 0 Å². The first-order valence-corrected chi connectivity index (χ1v) is 8.61. The Hall–Kier alpha value is -1.64. The monoisotopic (exact) mass is 312 g/mol. The van der Waals surface area contributed by atoms with Crippen LogP contribution in [0, 0.1) is 0 Å². The molecule has 0 saturated heterocycles. The Morgan fingerprint density at radius 3 is 1.61 bits per heavy atom. The summed E-state index contributed by atoms with van der Waals surface area (Å²) in [4.78, 5) is 0. The van der Waals surface area contributed by atoms with Crippen molar-refractivity contribution >= 4 is 0 Å². The minimum Gasteiger partial charge on any atom is -0.396 e. The number of aliphatic hydroxyl groups excluding tert-OH is 2. The fraction of sp³-hybridized carbons (Fsp3) is 0.429. The molecule has 0 radical (unpaired) electrons. The third kappa shape index (κ3) is 5.81. The molecule has 2 nitrogen and oxygen atoms in total. The van der Waals surface area contributed by atoms with E-state index in [4.69, 9.17) is 10.2 Å². The first kappa shape index (κ1) is 17.7. The summed E-state index contributed by atoms with van der Waals surface area (Å²) >= 11 is 0. The van der Waals surface area contributed by atoms with E-state index in [-0.39, 0.29) is 13.2 Å². The second kappa shape index (κ2) is 9.49. The van der Waals surface area contributed by atoms with Crippen LogP contribution in [0.2, 0.25) is 0 Å². The molecule has 0 bridgehead atoms. The van der Waals surface area contributed by atoms with Gasteiger partial charge in [-0.2, -0.15) is 0 Å². The lowest BCUT2D eigenvalue weighted by Gasteiger charge is -2.13. The molecule has 0 aromatic heterocycles. The van der Waals surface area contributed by atoms with E-state index in [1.165, 1.54) is 22.3 Å². The molecule has 0 aliphatic carbocycles. The average Bonchev–Trinajstić information content (AvgIpc) is 2.59. The molecule has 2 aromatic rings. The minimum absolute atomic E-state index is 0.256. The van der Waals surface area contributed by atoms with Crippen molar-refractivity contribution in [3.05, 3.63) is 70.8 Å². The molecule has 0 heterocycles. The van der Waals surface area contributed by atoms with Gasteiger partial charge in [0.05, 0.1) is 0 Å². The highest BCUT2D eigenvalue weighted by atomic mass is 16.3. The topological polar surface area (TPSA) is 40.5 Å². The van der Waals surface area contributed by atoms with E-state index in [0.717, 1.165) is 32.1 Å². The van der Waals surface area contributed by atoms with Crippen LogP contribution >= 0.6 is 0 Å². The van der Waals surface area contributed by atoms with Gasteiger partial charge in [-0.05, 0) is 60.3 Å². The normalized spacial score (nSPS) is 12.3. The number of rotatable bonds is 9. The number of aliphatic hydroxyl groups is 2. The highest BCUT2D eigenvalue weighted by Gasteiger charge is 2.07. The Balaban J connectivity index is 1.91. The van der Waals surface area contributed by atoms with Gasteiger partial charge in [0.15, 0.2) is 0 Å². The molecule has 2 N–H and O–H groups in total. The molecule has 0 spiro atoms. The van der Waals surface area contributed by atoms with Crippen LogP contribution in [0.1, 0.15) is 47.9 Å². The number of aryl methyl sites for hydroxylation is 2. The minimum atomic E-state index is 0.256. The molecule has 0 aliphatic heterocycles. The van der Waals surface area contributed by atoms with Crippen molar-refractivity contribution in [1.29, 1.82) is 0 Å². The highest BCUT2D eigenvalue weighted by Crippen LogP contribution is 2.21. The Morgan fingerprint density at radius 1 is 0.696 bits per heavy atom. The molecule has 124 valence electrons. The second-order valence-corrected chi connectivity index (χ2v) is 6.32. The van der Waals surface area contributed by atoms with Gasteiger partial charge in [-0.3, -0.25) is 0 Å². The molecule has 2 heteroatoms. The van der Waals surface area contributed by atoms with Gasteiger partial charge in [0.25, 0.3) is 0 Å². The van der Waals surface area contributed by atoms with Crippen molar-refractivity contribution in [3.8, 4) is 0 Å². The van der Waals surface area contributed by atoms with Crippen LogP contribution in [0.15, 0.2) is 48.5 Å². The zero-order chi connectivity index (χ0) is 16.5. The maximum Gasteiger partial charge on any atom is 0.0434 e. The largest absolute Gasteiger partial charge is 0.396 e. The van der Waals surface area contributed by atoms with Gasteiger partial charge in [-0.25, -0.2) is 0 Å². The maximum atomic E-state index is 8.89. The van der Waals surface area contributed by atoms with Crippen molar-refractivity contribution in [2.24, 2.45) is 0 Å². The Morgan fingerprint density at radius 2 is 1.13 bits per heavy atom. The third-order valence-corrected chi connectivity index (χ3v) is 4.36. The van der Waals surface area contributed by atoms with Gasteiger partial charge in [-0.15, -0.1) is 0 Å². The molecular weight excluding hydrogens is 284 g/mol. The summed E-state index contributed by atoms with van der Waals surface area (Å²) in [6.45, 7) is 2.78. The fourth-order valence-electron chi connectivity index (χ4n) is 2.89. The van der Waals surface area contributed by atoms with Crippen LogP contribution in [0.4, 0.5) is 0 Å². The molecule has 1 atom stereocenters. The van der Waals surface area contributed by atoms with Crippen molar-refractivity contribution in [3.63, 3.8) is 0 Å². The van der Waals surface area contributed by atoms with Crippen LogP contribution < -0.4 is 0 Å². The summed E-state index contributed by atoms with van der Waals surface area (Å²) in [5, 5.41) is 17.8. The van der Waals surface area contributed by atoms with E-state index in [1.54, 1.807) is 0 Å². The van der Waals surface area contributed by atoms with Gasteiger partial charge in [0.1, 0.15) is 0 Å². The first-order valence-electron chi connectivity index (χ1n) is 8.61. The third-order valence-electron chi connectivity index (χ3n) is 4.36. The SMILES string of the molecule is CC(Cc1ccc(CCCO)cc1)c1ccc(CCCO)cc1. The second-order valence-electron chi connectivity index (χ2n) is 6.32. The van der Waals surface area contributed by atoms with Crippen molar-refractivity contribution < 1.29 is 10.2 Å². The summed E-state index contributed by atoms with van der Waals surface area (Å²) in [6.07, 6.45) is 4.59. The van der Waals surface area contributed by atoms with Crippen LogP contribution in [-0.2, 0) is 19.3 Å². The lowest BCUT2D eigenvalue weighted by atomic mass is 9.92. The summed E-state index contributed by atoms with van der Waals surface area (Å²) < 4.78 is 0. The quantitative estimate of drug-likeness (QED) is 0.737. The summed E-state index contributed by atoms with van der Waals surface area (Å²) in [5.41, 5.74) is 5.31. The van der Waals surface area contributed by atoms with Gasteiger partial charge in [0, 0.05) is 13.2 Å². The van der Waals surface area contributed by atoms with Crippen LogP contribution in [0.5, 0.6) is 0 Å². The summed E-state index contributed by atoms with van der Waals surface area (Å²) in [7, 11) is 0. The van der Waals surface area contributed by atoms with E-state index in [9.17, 15) is 0 Å². The van der Waals surface area contributed by atoms with E-state index in [0.29, 0.717) is 5.92 Å². The van der Waals surface area contributed by atoms with Crippen molar-refractivity contribution in [1.82, 2.24) is 0 Å². The number of hydrogen-bond donors (Lipinski definition) is 2. The molecule has 0 amide bonds. The lowest BCUT2D eigenvalue weighted by Crippen LogP contribution is -1.99. The molecule has 23 heavy (non-hydrogen) atoms. The average molecular weight is 312 g/mol. The molecule has 1 unspecified atom stereocenters.